The number of rotatable bonds is 5. The van der Waals surface area contributed by atoms with Gasteiger partial charge in [0.15, 0.2) is 0 Å². The summed E-state index contributed by atoms with van der Waals surface area (Å²) in [5, 5.41) is 3.02. The fourth-order valence-corrected chi connectivity index (χ4v) is 1.52. The monoisotopic (exact) mass is 197 g/mol. The van der Waals surface area contributed by atoms with Gasteiger partial charge < -0.3 is 4.74 Å². The van der Waals surface area contributed by atoms with Gasteiger partial charge in [-0.1, -0.05) is 19.8 Å². The second-order valence-corrected chi connectivity index (χ2v) is 3.98. The van der Waals surface area contributed by atoms with Gasteiger partial charge in [0.05, 0.1) is 13.7 Å². The standard InChI is InChI=1S/C11H19NO2/c1-6-7-12-11(4,8-9(2)3)10(13)14-5/h1,9,12H,7-8H2,2-5H3. The Bertz CT molecular complexity index is 230. The van der Waals surface area contributed by atoms with Crippen molar-refractivity contribution in [1.29, 1.82) is 0 Å². The molecule has 0 aromatic carbocycles. The Labute approximate surface area is 86.2 Å². The Morgan fingerprint density at radius 1 is 1.64 bits per heavy atom. The lowest BCUT2D eigenvalue weighted by Crippen LogP contribution is -2.51. The first-order chi connectivity index (χ1) is 6.46. The number of esters is 1. The van der Waals surface area contributed by atoms with Crippen LogP contribution in [0.15, 0.2) is 0 Å². The first-order valence-electron chi connectivity index (χ1n) is 4.73. The smallest absolute Gasteiger partial charge is 0.325 e. The number of hydrogen-bond acceptors (Lipinski definition) is 3. The van der Waals surface area contributed by atoms with Crippen LogP contribution in [0, 0.1) is 18.3 Å². The van der Waals surface area contributed by atoms with Crippen molar-refractivity contribution in [3.8, 4) is 12.3 Å². The van der Waals surface area contributed by atoms with Gasteiger partial charge in [-0.15, -0.1) is 6.42 Å². The average Bonchev–Trinajstić information content (AvgIpc) is 2.12. The molecule has 0 fully saturated rings. The highest BCUT2D eigenvalue weighted by atomic mass is 16.5. The predicted molar refractivity (Wildman–Crippen MR) is 56.7 cm³/mol. The molecular formula is C11H19NO2. The second kappa shape index (κ2) is 5.66. The Kier molecular flexibility index (Phi) is 5.26. The molecule has 0 amide bonds. The van der Waals surface area contributed by atoms with Gasteiger partial charge in [0, 0.05) is 0 Å². The highest BCUT2D eigenvalue weighted by molar-refractivity contribution is 5.80. The van der Waals surface area contributed by atoms with Gasteiger partial charge in [0.25, 0.3) is 0 Å². The van der Waals surface area contributed by atoms with Crippen LogP contribution in [0.25, 0.3) is 0 Å². The maximum atomic E-state index is 11.5. The van der Waals surface area contributed by atoms with Crippen molar-refractivity contribution in [3.05, 3.63) is 0 Å². The van der Waals surface area contributed by atoms with Crippen molar-refractivity contribution < 1.29 is 9.53 Å². The van der Waals surface area contributed by atoms with Gasteiger partial charge in [-0.2, -0.15) is 0 Å². The summed E-state index contributed by atoms with van der Waals surface area (Å²) >= 11 is 0. The van der Waals surface area contributed by atoms with Gasteiger partial charge in [-0.25, -0.2) is 0 Å². The minimum absolute atomic E-state index is 0.263. The lowest BCUT2D eigenvalue weighted by Gasteiger charge is -2.28. The van der Waals surface area contributed by atoms with Gasteiger partial charge >= 0.3 is 5.97 Å². The molecule has 0 spiro atoms. The number of hydrogen-bond donors (Lipinski definition) is 1. The molecule has 0 aromatic heterocycles. The molecule has 0 rings (SSSR count). The van der Waals surface area contributed by atoms with Crippen LogP contribution in [0.3, 0.4) is 0 Å². The molecule has 0 aromatic rings. The molecule has 0 radical (unpaired) electrons. The summed E-state index contributed by atoms with van der Waals surface area (Å²) in [6.45, 7) is 6.30. The van der Waals surface area contributed by atoms with Crippen LogP contribution in [0.5, 0.6) is 0 Å². The number of nitrogens with one attached hydrogen (secondary N) is 1. The summed E-state index contributed by atoms with van der Waals surface area (Å²) in [6.07, 6.45) is 5.85. The van der Waals surface area contributed by atoms with E-state index in [4.69, 9.17) is 11.2 Å². The van der Waals surface area contributed by atoms with E-state index in [1.165, 1.54) is 7.11 Å². The number of terminal acetylenes is 1. The number of ether oxygens (including phenoxy) is 1. The van der Waals surface area contributed by atoms with Crippen molar-refractivity contribution in [2.45, 2.75) is 32.7 Å². The maximum Gasteiger partial charge on any atom is 0.325 e. The van der Waals surface area contributed by atoms with Crippen molar-refractivity contribution in [2.24, 2.45) is 5.92 Å². The molecule has 0 aliphatic carbocycles. The fraction of sp³-hybridized carbons (Fsp3) is 0.727. The van der Waals surface area contributed by atoms with Crippen molar-refractivity contribution >= 4 is 5.97 Å². The van der Waals surface area contributed by atoms with Crippen LogP contribution in [0.4, 0.5) is 0 Å². The lowest BCUT2D eigenvalue weighted by atomic mass is 9.91. The van der Waals surface area contributed by atoms with Gasteiger partial charge in [-0.3, -0.25) is 10.1 Å². The molecule has 0 saturated carbocycles. The maximum absolute atomic E-state index is 11.5. The second-order valence-electron chi connectivity index (χ2n) is 3.98. The Morgan fingerprint density at radius 2 is 2.21 bits per heavy atom. The summed E-state index contributed by atoms with van der Waals surface area (Å²) in [7, 11) is 1.39. The van der Waals surface area contributed by atoms with Gasteiger partial charge in [-0.05, 0) is 19.3 Å². The van der Waals surface area contributed by atoms with E-state index in [0.717, 1.165) is 0 Å². The van der Waals surface area contributed by atoms with E-state index in [1.54, 1.807) is 0 Å². The van der Waals surface area contributed by atoms with E-state index in [0.29, 0.717) is 18.9 Å². The van der Waals surface area contributed by atoms with Crippen LogP contribution in [0.2, 0.25) is 0 Å². The van der Waals surface area contributed by atoms with Crippen LogP contribution in [0.1, 0.15) is 27.2 Å². The number of carbonyl (C=O) groups excluding carboxylic acids is 1. The molecule has 0 aliphatic rings. The number of methoxy groups -OCH3 is 1. The van der Waals surface area contributed by atoms with E-state index < -0.39 is 5.54 Å². The van der Waals surface area contributed by atoms with Crippen molar-refractivity contribution in [2.75, 3.05) is 13.7 Å². The number of carbonyl (C=O) groups is 1. The van der Waals surface area contributed by atoms with Crippen LogP contribution in [-0.4, -0.2) is 25.2 Å². The molecule has 3 nitrogen and oxygen atoms in total. The molecule has 0 bridgehead atoms. The summed E-state index contributed by atoms with van der Waals surface area (Å²) in [4.78, 5) is 11.5. The first kappa shape index (κ1) is 13.0. The topological polar surface area (TPSA) is 38.3 Å². The Morgan fingerprint density at radius 3 is 2.57 bits per heavy atom. The summed E-state index contributed by atoms with van der Waals surface area (Å²) in [5.74, 6) is 2.60. The Hall–Kier alpha value is -1.01. The molecular weight excluding hydrogens is 178 g/mol. The molecule has 1 N–H and O–H groups in total. The zero-order valence-corrected chi connectivity index (χ0v) is 9.39. The van der Waals surface area contributed by atoms with Crippen LogP contribution >= 0.6 is 0 Å². The normalized spacial score (nSPS) is 14.6. The first-order valence-corrected chi connectivity index (χ1v) is 4.73. The average molecular weight is 197 g/mol. The third-order valence-electron chi connectivity index (χ3n) is 2.03. The molecule has 1 atom stereocenters. The SMILES string of the molecule is C#CCNC(C)(CC(C)C)C(=O)OC. The summed E-state index contributed by atoms with van der Waals surface area (Å²) < 4.78 is 4.74. The van der Waals surface area contributed by atoms with E-state index in [-0.39, 0.29) is 5.97 Å². The molecule has 3 heteroatoms. The quantitative estimate of drug-likeness (QED) is 0.531. The molecule has 1 unspecified atom stereocenters. The summed E-state index contributed by atoms with van der Waals surface area (Å²) in [5.41, 5.74) is -0.671. The lowest BCUT2D eigenvalue weighted by molar-refractivity contribution is -0.148. The molecule has 0 heterocycles. The molecule has 14 heavy (non-hydrogen) atoms. The third kappa shape index (κ3) is 3.80. The molecule has 80 valence electrons. The minimum atomic E-state index is -0.671. The van der Waals surface area contributed by atoms with E-state index in [2.05, 4.69) is 25.1 Å². The third-order valence-corrected chi connectivity index (χ3v) is 2.03. The van der Waals surface area contributed by atoms with Gasteiger partial charge in [0.2, 0.25) is 0 Å². The zero-order valence-electron chi connectivity index (χ0n) is 9.39. The predicted octanol–water partition coefficient (Wildman–Crippen LogP) is 1.19. The molecule has 0 saturated heterocycles. The van der Waals surface area contributed by atoms with E-state index in [9.17, 15) is 4.79 Å². The van der Waals surface area contributed by atoms with Crippen LogP contribution in [-0.2, 0) is 9.53 Å². The van der Waals surface area contributed by atoms with Crippen molar-refractivity contribution in [3.63, 3.8) is 0 Å². The fourth-order valence-electron chi connectivity index (χ4n) is 1.52. The Balaban J connectivity index is 4.50. The highest BCUT2D eigenvalue weighted by Gasteiger charge is 2.34. The van der Waals surface area contributed by atoms with Crippen molar-refractivity contribution in [1.82, 2.24) is 5.32 Å². The zero-order chi connectivity index (χ0) is 11.2. The highest BCUT2D eigenvalue weighted by Crippen LogP contribution is 2.17. The largest absolute Gasteiger partial charge is 0.468 e. The van der Waals surface area contributed by atoms with E-state index >= 15 is 0 Å². The van der Waals surface area contributed by atoms with Crippen LogP contribution < -0.4 is 5.32 Å². The minimum Gasteiger partial charge on any atom is -0.468 e. The van der Waals surface area contributed by atoms with Gasteiger partial charge in [0.1, 0.15) is 5.54 Å². The van der Waals surface area contributed by atoms with E-state index in [1.807, 2.05) is 6.92 Å². The molecule has 0 aliphatic heterocycles. The summed E-state index contributed by atoms with van der Waals surface area (Å²) in [6, 6.07) is 0.